The van der Waals surface area contributed by atoms with Crippen LogP contribution in [0.1, 0.15) is 57.4 Å². The molecule has 1 aliphatic rings. The fourth-order valence-electron chi connectivity index (χ4n) is 3.30. The maximum Gasteiger partial charge on any atom is 0.0524 e. The number of aryl methyl sites for hydroxylation is 1. The minimum absolute atomic E-state index is 0.638. The van der Waals surface area contributed by atoms with Crippen LogP contribution in [-0.4, -0.2) is 16.3 Å². The van der Waals surface area contributed by atoms with Gasteiger partial charge in [0.1, 0.15) is 0 Å². The fourth-order valence-corrected chi connectivity index (χ4v) is 3.30. The van der Waals surface area contributed by atoms with Crippen LogP contribution in [0.4, 0.5) is 0 Å². The summed E-state index contributed by atoms with van der Waals surface area (Å²) in [7, 11) is 0. The molecule has 0 spiro atoms. The second-order valence-electron chi connectivity index (χ2n) is 5.73. The Morgan fingerprint density at radius 1 is 1.39 bits per heavy atom. The Morgan fingerprint density at radius 2 is 2.22 bits per heavy atom. The van der Waals surface area contributed by atoms with Gasteiger partial charge in [-0.3, -0.25) is 4.68 Å². The second kappa shape index (κ2) is 6.37. The van der Waals surface area contributed by atoms with Gasteiger partial charge in [-0.2, -0.15) is 5.10 Å². The summed E-state index contributed by atoms with van der Waals surface area (Å²) in [6.07, 6.45) is 10.7. The molecule has 0 aliphatic heterocycles. The summed E-state index contributed by atoms with van der Waals surface area (Å²) >= 11 is 0. The molecule has 102 valence electrons. The van der Waals surface area contributed by atoms with Gasteiger partial charge in [0.25, 0.3) is 0 Å². The van der Waals surface area contributed by atoms with E-state index in [2.05, 4.69) is 36.0 Å². The van der Waals surface area contributed by atoms with E-state index in [-0.39, 0.29) is 0 Å². The Morgan fingerprint density at radius 3 is 2.89 bits per heavy atom. The molecule has 1 aromatic rings. The number of rotatable bonds is 5. The molecule has 3 atom stereocenters. The normalized spacial score (nSPS) is 28.5. The molecule has 3 nitrogen and oxygen atoms in total. The Bertz CT molecular complexity index is 358. The van der Waals surface area contributed by atoms with E-state index in [0.717, 1.165) is 25.4 Å². The number of nitrogens with two attached hydrogens (primary N) is 1. The van der Waals surface area contributed by atoms with E-state index >= 15 is 0 Å². The van der Waals surface area contributed by atoms with Crippen molar-refractivity contribution in [1.29, 1.82) is 0 Å². The highest BCUT2D eigenvalue weighted by Crippen LogP contribution is 2.41. The standard InChI is InChI=1S/C15H27N3/c1-3-7-18-11-14(10-17-18)15-8-12(4-2)5-6-13(15)9-16/h10-13,15H,3-9,16H2,1-2H3. The van der Waals surface area contributed by atoms with Crippen molar-refractivity contribution in [1.82, 2.24) is 9.78 Å². The van der Waals surface area contributed by atoms with Gasteiger partial charge in [-0.25, -0.2) is 0 Å². The molecule has 0 aromatic carbocycles. The lowest BCUT2D eigenvalue weighted by Gasteiger charge is -2.34. The first kappa shape index (κ1) is 13.6. The van der Waals surface area contributed by atoms with Crippen LogP contribution in [0.2, 0.25) is 0 Å². The SMILES string of the molecule is CCCn1cc(C2CC(CC)CCC2CN)cn1. The first-order valence-corrected chi connectivity index (χ1v) is 7.50. The highest BCUT2D eigenvalue weighted by molar-refractivity contribution is 5.14. The van der Waals surface area contributed by atoms with Crippen LogP contribution in [0.15, 0.2) is 12.4 Å². The van der Waals surface area contributed by atoms with E-state index in [9.17, 15) is 0 Å². The van der Waals surface area contributed by atoms with Gasteiger partial charge >= 0.3 is 0 Å². The first-order chi connectivity index (χ1) is 8.78. The molecule has 0 radical (unpaired) electrons. The highest BCUT2D eigenvalue weighted by atomic mass is 15.3. The summed E-state index contributed by atoms with van der Waals surface area (Å²) in [6, 6.07) is 0. The van der Waals surface area contributed by atoms with Gasteiger partial charge in [0.05, 0.1) is 6.20 Å². The van der Waals surface area contributed by atoms with Crippen molar-refractivity contribution >= 4 is 0 Å². The predicted molar refractivity (Wildman–Crippen MR) is 75.4 cm³/mol. The third-order valence-corrected chi connectivity index (χ3v) is 4.52. The van der Waals surface area contributed by atoms with Crippen LogP contribution >= 0.6 is 0 Å². The maximum absolute atomic E-state index is 5.96. The van der Waals surface area contributed by atoms with Crippen LogP contribution in [-0.2, 0) is 6.54 Å². The quantitative estimate of drug-likeness (QED) is 0.871. The van der Waals surface area contributed by atoms with Crippen molar-refractivity contribution in [2.75, 3.05) is 6.54 Å². The first-order valence-electron chi connectivity index (χ1n) is 7.50. The summed E-state index contributed by atoms with van der Waals surface area (Å²) in [5.74, 6) is 2.18. The van der Waals surface area contributed by atoms with Crippen LogP contribution in [0.25, 0.3) is 0 Å². The minimum Gasteiger partial charge on any atom is -0.330 e. The van der Waals surface area contributed by atoms with Gasteiger partial charge in [-0.15, -0.1) is 0 Å². The van der Waals surface area contributed by atoms with E-state index in [4.69, 9.17) is 5.73 Å². The fraction of sp³-hybridized carbons (Fsp3) is 0.800. The van der Waals surface area contributed by atoms with Gasteiger partial charge in [-0.1, -0.05) is 26.7 Å². The monoisotopic (exact) mass is 249 g/mol. The lowest BCUT2D eigenvalue weighted by molar-refractivity contribution is 0.236. The number of hydrogen-bond acceptors (Lipinski definition) is 2. The molecule has 1 heterocycles. The van der Waals surface area contributed by atoms with Crippen LogP contribution in [0.3, 0.4) is 0 Å². The summed E-state index contributed by atoms with van der Waals surface area (Å²) in [5.41, 5.74) is 7.37. The molecular weight excluding hydrogens is 222 g/mol. The number of hydrogen-bond donors (Lipinski definition) is 1. The Hall–Kier alpha value is -0.830. The van der Waals surface area contributed by atoms with Gasteiger partial charge < -0.3 is 5.73 Å². The van der Waals surface area contributed by atoms with E-state index in [1.807, 2.05) is 0 Å². The van der Waals surface area contributed by atoms with Gasteiger partial charge in [0, 0.05) is 12.7 Å². The van der Waals surface area contributed by atoms with E-state index in [0.29, 0.717) is 11.8 Å². The second-order valence-corrected chi connectivity index (χ2v) is 5.73. The van der Waals surface area contributed by atoms with Crippen LogP contribution in [0.5, 0.6) is 0 Å². The third kappa shape index (κ3) is 2.94. The molecule has 18 heavy (non-hydrogen) atoms. The van der Waals surface area contributed by atoms with Crippen molar-refractivity contribution in [2.45, 2.75) is 58.4 Å². The lowest BCUT2D eigenvalue weighted by atomic mass is 9.71. The Balaban J connectivity index is 2.10. The molecule has 2 N–H and O–H groups in total. The summed E-state index contributed by atoms with van der Waals surface area (Å²) in [4.78, 5) is 0. The molecule has 0 amide bonds. The lowest BCUT2D eigenvalue weighted by Crippen LogP contribution is -2.28. The van der Waals surface area contributed by atoms with E-state index < -0.39 is 0 Å². The highest BCUT2D eigenvalue weighted by Gasteiger charge is 2.30. The third-order valence-electron chi connectivity index (χ3n) is 4.52. The van der Waals surface area contributed by atoms with Crippen molar-refractivity contribution < 1.29 is 0 Å². The molecule has 0 saturated heterocycles. The average molecular weight is 249 g/mol. The average Bonchev–Trinajstić information content (AvgIpc) is 2.87. The molecule has 2 rings (SSSR count). The molecular formula is C15H27N3. The van der Waals surface area contributed by atoms with Gasteiger partial charge in [0.15, 0.2) is 0 Å². The Kier molecular flexibility index (Phi) is 4.81. The Labute approximate surface area is 111 Å². The zero-order valence-corrected chi connectivity index (χ0v) is 11.8. The predicted octanol–water partition coefficient (Wildman–Crippen LogP) is 3.16. The van der Waals surface area contributed by atoms with Crippen molar-refractivity contribution in [3.63, 3.8) is 0 Å². The zero-order chi connectivity index (χ0) is 13.0. The minimum atomic E-state index is 0.638. The smallest absolute Gasteiger partial charge is 0.0524 e. The van der Waals surface area contributed by atoms with E-state index in [1.54, 1.807) is 0 Å². The molecule has 0 bridgehead atoms. The maximum atomic E-state index is 5.96. The van der Waals surface area contributed by atoms with Crippen molar-refractivity contribution in [2.24, 2.45) is 17.6 Å². The topological polar surface area (TPSA) is 43.8 Å². The summed E-state index contributed by atoms with van der Waals surface area (Å²) in [6.45, 7) is 6.35. The summed E-state index contributed by atoms with van der Waals surface area (Å²) < 4.78 is 2.08. The van der Waals surface area contributed by atoms with Crippen LogP contribution in [0, 0.1) is 11.8 Å². The number of aromatic nitrogens is 2. The molecule has 1 saturated carbocycles. The molecule has 1 fully saturated rings. The molecule has 1 aliphatic carbocycles. The largest absolute Gasteiger partial charge is 0.330 e. The summed E-state index contributed by atoms with van der Waals surface area (Å²) in [5, 5.41) is 4.48. The number of nitrogens with zero attached hydrogens (tertiary/aromatic N) is 2. The van der Waals surface area contributed by atoms with Gasteiger partial charge in [0.2, 0.25) is 0 Å². The van der Waals surface area contributed by atoms with Crippen molar-refractivity contribution in [3.05, 3.63) is 18.0 Å². The molecule has 1 aromatic heterocycles. The van der Waals surface area contributed by atoms with Crippen LogP contribution < -0.4 is 5.73 Å². The zero-order valence-electron chi connectivity index (χ0n) is 11.8. The van der Waals surface area contributed by atoms with E-state index in [1.165, 1.54) is 31.2 Å². The van der Waals surface area contributed by atoms with Gasteiger partial charge in [-0.05, 0) is 49.1 Å². The molecule has 3 unspecified atom stereocenters. The molecule has 3 heteroatoms. The van der Waals surface area contributed by atoms with Crippen molar-refractivity contribution in [3.8, 4) is 0 Å².